The first-order chi connectivity index (χ1) is 7.88. The Labute approximate surface area is 99.1 Å². The van der Waals surface area contributed by atoms with Crippen LogP contribution in [0.25, 0.3) is 0 Å². The minimum absolute atomic E-state index is 0.133. The van der Waals surface area contributed by atoms with Gasteiger partial charge in [-0.05, 0) is 5.92 Å². The first kappa shape index (κ1) is 15.4. The van der Waals surface area contributed by atoms with Crippen molar-refractivity contribution < 1.29 is 29.0 Å². The van der Waals surface area contributed by atoms with Gasteiger partial charge in [-0.25, -0.2) is 9.59 Å². The molecule has 0 bridgehead atoms. The number of carboxylic acid groups (broad SMARTS) is 1. The van der Waals surface area contributed by atoms with E-state index in [1.165, 1.54) is 7.11 Å². The van der Waals surface area contributed by atoms with Crippen molar-refractivity contribution >= 4 is 17.8 Å². The van der Waals surface area contributed by atoms with Gasteiger partial charge in [0.1, 0.15) is 19.3 Å². The molecule has 7 heteroatoms. The third-order valence-electron chi connectivity index (χ3n) is 1.90. The summed E-state index contributed by atoms with van der Waals surface area (Å²) < 4.78 is 9.12. The highest BCUT2D eigenvalue weighted by Crippen LogP contribution is 2.03. The van der Waals surface area contributed by atoms with Crippen molar-refractivity contribution in [1.82, 2.24) is 5.32 Å². The highest BCUT2D eigenvalue weighted by molar-refractivity contribution is 5.85. The van der Waals surface area contributed by atoms with Crippen molar-refractivity contribution in [2.45, 2.75) is 19.9 Å². The predicted octanol–water partition coefficient (Wildman–Crippen LogP) is -0.599. The van der Waals surface area contributed by atoms with E-state index in [4.69, 9.17) is 5.11 Å². The molecule has 0 aliphatic rings. The number of carbonyl (C=O) groups is 3. The molecule has 0 aromatic heterocycles. The number of hydrogen-bond acceptors (Lipinski definition) is 5. The lowest BCUT2D eigenvalue weighted by molar-refractivity contribution is -0.148. The summed E-state index contributed by atoms with van der Waals surface area (Å²) >= 11 is 0. The quantitative estimate of drug-likeness (QED) is 0.582. The number of methoxy groups -OCH3 is 1. The lowest BCUT2D eigenvalue weighted by Crippen LogP contribution is -2.46. The Morgan fingerprint density at radius 2 is 1.82 bits per heavy atom. The zero-order valence-corrected chi connectivity index (χ0v) is 10.1. The Balaban J connectivity index is 4.13. The Hall–Kier alpha value is -1.63. The molecular formula is C10H17NO6. The van der Waals surface area contributed by atoms with Gasteiger partial charge in [0.25, 0.3) is 0 Å². The monoisotopic (exact) mass is 247 g/mol. The smallest absolute Gasteiger partial charge is 0.329 e. The molecule has 0 aromatic rings. The third-order valence-corrected chi connectivity index (χ3v) is 1.90. The van der Waals surface area contributed by atoms with Crippen LogP contribution in [-0.4, -0.2) is 49.3 Å². The van der Waals surface area contributed by atoms with Crippen molar-refractivity contribution in [3.63, 3.8) is 0 Å². The molecule has 0 aromatic carbocycles. The maximum atomic E-state index is 11.3. The van der Waals surface area contributed by atoms with E-state index in [2.05, 4.69) is 14.8 Å². The highest BCUT2D eigenvalue weighted by atomic mass is 16.5. The topological polar surface area (TPSA) is 102 Å². The average Bonchev–Trinajstić information content (AvgIpc) is 2.24. The van der Waals surface area contributed by atoms with E-state index in [0.717, 1.165) is 0 Å². The molecule has 0 aliphatic carbocycles. The van der Waals surface area contributed by atoms with E-state index in [0.29, 0.717) is 0 Å². The molecule has 0 saturated heterocycles. The standard InChI is InChI=1S/C10H17NO6/c1-6(2)9(10(15)16-3)11-7(12)4-17-5-8(13)14/h6,9H,4-5H2,1-3H3,(H,11,12)(H,13,14). The van der Waals surface area contributed by atoms with Crippen molar-refractivity contribution in [3.8, 4) is 0 Å². The van der Waals surface area contributed by atoms with Crippen LogP contribution < -0.4 is 5.32 Å². The zero-order chi connectivity index (χ0) is 13.4. The average molecular weight is 247 g/mol. The summed E-state index contributed by atoms with van der Waals surface area (Å²) in [6.45, 7) is 2.53. The first-order valence-electron chi connectivity index (χ1n) is 5.05. The molecule has 7 nitrogen and oxygen atoms in total. The zero-order valence-electron chi connectivity index (χ0n) is 10.1. The van der Waals surface area contributed by atoms with Gasteiger partial charge < -0.3 is 19.9 Å². The van der Waals surface area contributed by atoms with Crippen molar-refractivity contribution in [2.24, 2.45) is 5.92 Å². The number of rotatable bonds is 7. The van der Waals surface area contributed by atoms with Gasteiger partial charge in [-0.1, -0.05) is 13.8 Å². The van der Waals surface area contributed by atoms with Crippen molar-refractivity contribution in [2.75, 3.05) is 20.3 Å². The number of esters is 1. The summed E-state index contributed by atoms with van der Waals surface area (Å²) in [6.07, 6.45) is 0. The summed E-state index contributed by atoms with van der Waals surface area (Å²) in [6, 6.07) is -0.763. The SMILES string of the molecule is COC(=O)C(NC(=O)COCC(=O)O)C(C)C. The molecular weight excluding hydrogens is 230 g/mol. The van der Waals surface area contributed by atoms with Gasteiger partial charge in [0.2, 0.25) is 5.91 Å². The van der Waals surface area contributed by atoms with E-state index in [9.17, 15) is 14.4 Å². The molecule has 17 heavy (non-hydrogen) atoms. The number of carbonyl (C=O) groups excluding carboxylic acids is 2. The molecule has 0 heterocycles. The second-order valence-corrected chi connectivity index (χ2v) is 3.70. The Bertz CT molecular complexity index is 289. The predicted molar refractivity (Wildman–Crippen MR) is 57.2 cm³/mol. The Morgan fingerprint density at radius 1 is 1.24 bits per heavy atom. The number of amides is 1. The van der Waals surface area contributed by atoms with E-state index < -0.39 is 37.1 Å². The van der Waals surface area contributed by atoms with Crippen LogP contribution in [0.3, 0.4) is 0 Å². The molecule has 2 N–H and O–H groups in total. The summed E-state index contributed by atoms with van der Waals surface area (Å²) in [5.41, 5.74) is 0. The van der Waals surface area contributed by atoms with Gasteiger partial charge in [-0.2, -0.15) is 0 Å². The van der Waals surface area contributed by atoms with Crippen LogP contribution in [0.4, 0.5) is 0 Å². The number of ether oxygens (including phenoxy) is 2. The minimum atomic E-state index is -1.16. The van der Waals surface area contributed by atoms with Gasteiger partial charge >= 0.3 is 11.9 Å². The Kier molecular flexibility index (Phi) is 6.88. The lowest BCUT2D eigenvalue weighted by Gasteiger charge is -2.19. The van der Waals surface area contributed by atoms with Crippen LogP contribution in [0.1, 0.15) is 13.8 Å². The van der Waals surface area contributed by atoms with Gasteiger partial charge in [0.15, 0.2) is 0 Å². The van der Waals surface area contributed by atoms with E-state index in [-0.39, 0.29) is 5.92 Å². The van der Waals surface area contributed by atoms with Gasteiger partial charge in [-0.3, -0.25) is 4.79 Å². The van der Waals surface area contributed by atoms with E-state index >= 15 is 0 Å². The van der Waals surface area contributed by atoms with Crippen molar-refractivity contribution in [1.29, 1.82) is 0 Å². The summed E-state index contributed by atoms with van der Waals surface area (Å²) in [5.74, 6) is -2.40. The molecule has 0 rings (SSSR count). The summed E-state index contributed by atoms with van der Waals surface area (Å²) in [4.78, 5) is 32.8. The van der Waals surface area contributed by atoms with Crippen LogP contribution in [0.5, 0.6) is 0 Å². The number of nitrogens with one attached hydrogen (secondary N) is 1. The largest absolute Gasteiger partial charge is 0.480 e. The molecule has 0 spiro atoms. The molecule has 1 amide bonds. The molecule has 1 atom stereocenters. The molecule has 1 unspecified atom stereocenters. The first-order valence-corrected chi connectivity index (χ1v) is 5.05. The van der Waals surface area contributed by atoms with Crippen LogP contribution in [0.15, 0.2) is 0 Å². The number of hydrogen-bond donors (Lipinski definition) is 2. The molecule has 98 valence electrons. The highest BCUT2D eigenvalue weighted by Gasteiger charge is 2.24. The maximum absolute atomic E-state index is 11.3. The maximum Gasteiger partial charge on any atom is 0.329 e. The molecule has 0 saturated carbocycles. The van der Waals surface area contributed by atoms with Crippen LogP contribution >= 0.6 is 0 Å². The van der Waals surface area contributed by atoms with Crippen molar-refractivity contribution in [3.05, 3.63) is 0 Å². The third kappa shape index (κ3) is 6.52. The van der Waals surface area contributed by atoms with Gasteiger partial charge in [-0.15, -0.1) is 0 Å². The van der Waals surface area contributed by atoms with Gasteiger partial charge in [0.05, 0.1) is 7.11 Å². The van der Waals surface area contributed by atoms with Crippen LogP contribution in [0.2, 0.25) is 0 Å². The van der Waals surface area contributed by atoms with Crippen LogP contribution in [0, 0.1) is 5.92 Å². The second-order valence-electron chi connectivity index (χ2n) is 3.70. The Morgan fingerprint density at radius 3 is 2.24 bits per heavy atom. The van der Waals surface area contributed by atoms with E-state index in [1.807, 2.05) is 0 Å². The molecule has 0 radical (unpaired) electrons. The van der Waals surface area contributed by atoms with Gasteiger partial charge in [0, 0.05) is 0 Å². The summed E-state index contributed by atoms with van der Waals surface area (Å²) in [5, 5.41) is 10.7. The minimum Gasteiger partial charge on any atom is -0.480 e. The fourth-order valence-electron chi connectivity index (χ4n) is 1.07. The molecule has 0 aliphatic heterocycles. The van der Waals surface area contributed by atoms with Crippen LogP contribution in [-0.2, 0) is 23.9 Å². The second kappa shape index (κ2) is 7.61. The normalized spacial score (nSPS) is 12.0. The number of aliphatic carboxylic acids is 1. The lowest BCUT2D eigenvalue weighted by atomic mass is 10.0. The molecule has 0 fully saturated rings. The van der Waals surface area contributed by atoms with E-state index in [1.54, 1.807) is 13.8 Å². The fraction of sp³-hybridized carbons (Fsp3) is 0.700. The summed E-state index contributed by atoms with van der Waals surface area (Å²) in [7, 11) is 1.23. The number of carboxylic acids is 1. The fourth-order valence-corrected chi connectivity index (χ4v) is 1.07.